The first-order valence-corrected chi connectivity index (χ1v) is 10.4. The van der Waals surface area contributed by atoms with Crippen LogP contribution in [0.1, 0.15) is 5.56 Å². The molecule has 0 spiro atoms. The maximum absolute atomic E-state index is 12.7. The van der Waals surface area contributed by atoms with Crippen molar-refractivity contribution in [3.63, 3.8) is 0 Å². The summed E-state index contributed by atoms with van der Waals surface area (Å²) in [6.07, 6.45) is 15.1. The van der Waals surface area contributed by atoms with Crippen LogP contribution >= 0.6 is 0 Å². The molecule has 6 heteroatoms. The van der Waals surface area contributed by atoms with Gasteiger partial charge in [-0.2, -0.15) is 0 Å². The van der Waals surface area contributed by atoms with Crippen molar-refractivity contribution >= 4 is 11.9 Å². The molecule has 6 nitrogen and oxygen atoms in total. The summed E-state index contributed by atoms with van der Waals surface area (Å²) in [5.41, 5.74) is 0.218. The van der Waals surface area contributed by atoms with E-state index in [0.29, 0.717) is 0 Å². The topological polar surface area (TPSA) is 84.9 Å². The Kier molecular flexibility index (Phi) is 5.94. The van der Waals surface area contributed by atoms with Gasteiger partial charge in [0.2, 0.25) is 0 Å². The average Bonchev–Trinajstić information content (AvgIpc) is 3.12. The summed E-state index contributed by atoms with van der Waals surface area (Å²) in [4.78, 5) is 24.9. The molecule has 31 heavy (non-hydrogen) atoms. The summed E-state index contributed by atoms with van der Waals surface area (Å²) < 4.78 is 9.68. The third-order valence-corrected chi connectivity index (χ3v) is 6.71. The second-order valence-electron chi connectivity index (χ2n) is 8.09. The fourth-order valence-corrected chi connectivity index (χ4v) is 5.40. The first-order chi connectivity index (χ1) is 15.0. The zero-order valence-corrected chi connectivity index (χ0v) is 17.5. The molecule has 0 saturated heterocycles. The second-order valence-corrected chi connectivity index (χ2v) is 8.09. The van der Waals surface area contributed by atoms with Gasteiger partial charge >= 0.3 is 11.9 Å². The van der Waals surface area contributed by atoms with Gasteiger partial charge in [0.15, 0.2) is 6.10 Å². The highest BCUT2D eigenvalue weighted by Crippen LogP contribution is 2.58. The Hall–Kier alpha value is -2.96. The third kappa shape index (κ3) is 3.46. The summed E-state index contributed by atoms with van der Waals surface area (Å²) in [6.45, 7) is 0. The molecule has 3 aliphatic carbocycles. The van der Waals surface area contributed by atoms with Gasteiger partial charge in [0.1, 0.15) is 6.04 Å². The predicted molar refractivity (Wildman–Crippen MR) is 116 cm³/mol. The van der Waals surface area contributed by atoms with Gasteiger partial charge in [0.25, 0.3) is 0 Å². The molecule has 0 aliphatic heterocycles. The van der Waals surface area contributed by atoms with Crippen LogP contribution in [-0.4, -0.2) is 43.4 Å². The molecule has 1 aromatic carbocycles. The number of fused-ring (bicyclic) bond motifs is 3. The van der Waals surface area contributed by atoms with E-state index in [1.54, 1.807) is 0 Å². The Morgan fingerprint density at radius 2 is 1.39 bits per heavy atom. The van der Waals surface area contributed by atoms with E-state index in [-0.39, 0.29) is 23.7 Å². The minimum absolute atomic E-state index is 0.0145. The number of hydrogen-bond acceptors (Lipinski definition) is 6. The smallest absolute Gasteiger partial charge is 0.336 e. The van der Waals surface area contributed by atoms with Crippen LogP contribution < -0.4 is 5.32 Å². The molecule has 0 aromatic heterocycles. The van der Waals surface area contributed by atoms with Crippen LogP contribution in [-0.2, 0) is 24.6 Å². The lowest BCUT2D eigenvalue weighted by molar-refractivity contribution is -0.161. The van der Waals surface area contributed by atoms with Crippen molar-refractivity contribution in [2.45, 2.75) is 17.7 Å². The van der Waals surface area contributed by atoms with Crippen LogP contribution in [0.25, 0.3) is 0 Å². The minimum Gasteiger partial charge on any atom is -0.468 e. The van der Waals surface area contributed by atoms with Crippen molar-refractivity contribution in [3.05, 3.63) is 84.5 Å². The number of rotatable bonds is 6. The number of aliphatic hydroxyl groups excluding tert-OH is 1. The van der Waals surface area contributed by atoms with E-state index in [1.807, 2.05) is 54.6 Å². The van der Waals surface area contributed by atoms with Gasteiger partial charge in [-0.1, -0.05) is 78.9 Å². The number of allylic oxidation sites excluding steroid dienone is 6. The molecule has 3 aliphatic rings. The van der Waals surface area contributed by atoms with Crippen molar-refractivity contribution in [1.29, 1.82) is 0 Å². The van der Waals surface area contributed by atoms with E-state index in [9.17, 15) is 14.7 Å². The second kappa shape index (κ2) is 8.65. The highest BCUT2D eigenvalue weighted by atomic mass is 16.5. The molecular weight excluding hydrogens is 394 g/mol. The maximum Gasteiger partial charge on any atom is 0.336 e. The van der Waals surface area contributed by atoms with Crippen molar-refractivity contribution in [1.82, 2.24) is 5.32 Å². The van der Waals surface area contributed by atoms with E-state index in [1.165, 1.54) is 14.2 Å². The number of hydrogen-bond donors (Lipinski definition) is 2. The van der Waals surface area contributed by atoms with E-state index in [2.05, 4.69) is 29.6 Å². The van der Waals surface area contributed by atoms with Gasteiger partial charge in [0.05, 0.1) is 19.8 Å². The van der Waals surface area contributed by atoms with E-state index >= 15 is 0 Å². The third-order valence-electron chi connectivity index (χ3n) is 6.71. The highest BCUT2D eigenvalue weighted by molar-refractivity contribution is 5.86. The average molecular weight is 421 g/mol. The van der Waals surface area contributed by atoms with Gasteiger partial charge in [0, 0.05) is 11.8 Å². The molecule has 0 bridgehead atoms. The van der Waals surface area contributed by atoms with Crippen LogP contribution in [0.4, 0.5) is 0 Å². The van der Waals surface area contributed by atoms with Gasteiger partial charge in [-0.25, -0.2) is 4.79 Å². The number of carbonyl (C=O) groups excluding carboxylic acids is 2. The number of esters is 2. The Balaban J connectivity index is 1.88. The number of nitrogens with one attached hydrogen (secondary N) is 1. The zero-order valence-electron chi connectivity index (χ0n) is 17.5. The van der Waals surface area contributed by atoms with Crippen LogP contribution in [0, 0.1) is 23.7 Å². The molecule has 0 amide bonds. The van der Waals surface area contributed by atoms with Crippen LogP contribution in [0.2, 0.25) is 0 Å². The van der Waals surface area contributed by atoms with Gasteiger partial charge in [-0.15, -0.1) is 0 Å². The van der Waals surface area contributed by atoms with E-state index in [4.69, 9.17) is 9.47 Å². The van der Waals surface area contributed by atoms with Crippen LogP contribution in [0.3, 0.4) is 0 Å². The SMILES string of the molecule is COC(=O)[C@@H](NC1(c2ccccc2)C2C=CC=CC2C2C=CC=CC21)[C@@H](O)C(=O)OC. The number of carbonyl (C=O) groups is 2. The van der Waals surface area contributed by atoms with E-state index < -0.39 is 29.6 Å². The van der Waals surface area contributed by atoms with Crippen molar-refractivity contribution in [2.75, 3.05) is 14.2 Å². The zero-order chi connectivity index (χ0) is 22.0. The summed E-state index contributed by atoms with van der Waals surface area (Å²) in [5.74, 6) is -1.26. The number of aliphatic hydroxyl groups is 1. The van der Waals surface area contributed by atoms with E-state index in [0.717, 1.165) is 5.56 Å². The van der Waals surface area contributed by atoms with Crippen molar-refractivity contribution < 1.29 is 24.2 Å². The highest BCUT2D eigenvalue weighted by Gasteiger charge is 2.60. The Labute approximate surface area is 181 Å². The molecule has 4 unspecified atom stereocenters. The first-order valence-electron chi connectivity index (χ1n) is 10.4. The molecule has 4 rings (SSSR count). The normalized spacial score (nSPS) is 32.1. The lowest BCUT2D eigenvalue weighted by Crippen LogP contribution is -2.61. The maximum atomic E-state index is 12.7. The standard InChI is InChI=1S/C25H27NO5/c1-30-23(28)21(22(27)24(29)31-2)26-25(16-10-4-3-5-11-16)19-14-8-6-12-17(19)18-13-7-9-15-20(18)25/h3-15,17-22,26-27H,1-2H3/t17?,18?,19?,20?,21-,22+,25?/m0/s1. The summed E-state index contributed by atoms with van der Waals surface area (Å²) in [7, 11) is 2.42. The molecule has 0 heterocycles. The molecule has 6 atom stereocenters. The van der Waals surface area contributed by atoms with Crippen molar-refractivity contribution in [3.8, 4) is 0 Å². The Bertz CT molecular complexity index is 914. The number of ether oxygens (including phenoxy) is 2. The van der Waals surface area contributed by atoms with Gasteiger partial charge < -0.3 is 14.6 Å². The minimum atomic E-state index is -1.71. The first kappa shape index (κ1) is 21.3. The largest absolute Gasteiger partial charge is 0.468 e. The Morgan fingerprint density at radius 1 is 0.871 bits per heavy atom. The Morgan fingerprint density at radius 3 is 1.90 bits per heavy atom. The lowest BCUT2D eigenvalue weighted by Gasteiger charge is -2.44. The lowest BCUT2D eigenvalue weighted by atomic mass is 9.71. The number of methoxy groups -OCH3 is 2. The monoisotopic (exact) mass is 421 g/mol. The quantitative estimate of drug-likeness (QED) is 0.686. The summed E-state index contributed by atoms with van der Waals surface area (Å²) >= 11 is 0. The predicted octanol–water partition coefficient (Wildman–Crippen LogP) is 2.28. The molecule has 1 fully saturated rings. The van der Waals surface area contributed by atoms with Crippen LogP contribution in [0.5, 0.6) is 0 Å². The van der Waals surface area contributed by atoms with Crippen LogP contribution in [0.15, 0.2) is 78.9 Å². The van der Waals surface area contributed by atoms with Crippen molar-refractivity contribution in [2.24, 2.45) is 23.7 Å². The summed E-state index contributed by atoms with van der Waals surface area (Å²) in [5, 5.41) is 14.1. The summed E-state index contributed by atoms with van der Waals surface area (Å²) in [6, 6.07) is 8.59. The molecule has 162 valence electrons. The van der Waals surface area contributed by atoms with Gasteiger partial charge in [-0.3, -0.25) is 10.1 Å². The molecule has 0 radical (unpaired) electrons. The fraction of sp³-hybridized carbons (Fsp3) is 0.360. The molecular formula is C25H27NO5. The fourth-order valence-electron chi connectivity index (χ4n) is 5.40. The molecule has 1 aromatic rings. The molecule has 2 N–H and O–H groups in total. The van der Waals surface area contributed by atoms with Gasteiger partial charge in [-0.05, 0) is 17.4 Å². The number of benzene rings is 1. The molecule has 1 saturated carbocycles.